The molecule has 0 bridgehead atoms. The largest absolute Gasteiger partial charge is 0.357 e. The second kappa shape index (κ2) is 11.1. The number of nitrogens with zero attached hydrogens (tertiary/aromatic N) is 4. The Bertz CT molecular complexity index is 915. The third kappa shape index (κ3) is 5.87. The quantitative estimate of drug-likeness (QED) is 0.458. The van der Waals surface area contributed by atoms with Crippen molar-refractivity contribution in [2.24, 2.45) is 10.4 Å². The van der Waals surface area contributed by atoms with Crippen molar-refractivity contribution in [2.45, 2.75) is 58.9 Å². The average Bonchev–Trinajstić information content (AvgIpc) is 3.46. The molecule has 2 aromatic rings. The number of aryl methyl sites for hydroxylation is 1. The standard InChI is InChI=1S/C24H36N6O2/c1-5-10-20-28-21(32-29-20)19-12-9-11-18(15-19)16-26-23(25-6-2)27-17-24(13-7-8-14-24)22(31)30(3)4/h9,11-12,15H,5-8,10,13-14,16-17H2,1-4H3,(H2,25,26,27). The third-order valence-corrected chi connectivity index (χ3v) is 5.89. The highest BCUT2D eigenvalue weighted by Crippen LogP contribution is 2.38. The van der Waals surface area contributed by atoms with Gasteiger partial charge in [-0.2, -0.15) is 4.98 Å². The van der Waals surface area contributed by atoms with Gasteiger partial charge in [-0.15, -0.1) is 0 Å². The SMILES string of the molecule is CCCc1noc(-c2cccc(CN=C(NCC)NCC3(C(=O)N(C)C)CCCC3)c2)n1. The Morgan fingerprint density at radius 2 is 2.00 bits per heavy atom. The number of nitrogens with one attached hydrogen (secondary N) is 2. The van der Waals surface area contributed by atoms with E-state index in [0.29, 0.717) is 19.0 Å². The van der Waals surface area contributed by atoms with E-state index in [0.717, 1.165) is 68.0 Å². The van der Waals surface area contributed by atoms with Crippen molar-refractivity contribution in [3.8, 4) is 11.5 Å². The van der Waals surface area contributed by atoms with Crippen LogP contribution in [-0.4, -0.2) is 54.1 Å². The lowest BCUT2D eigenvalue weighted by atomic mass is 9.84. The molecule has 1 fully saturated rings. The van der Waals surface area contributed by atoms with E-state index >= 15 is 0 Å². The Morgan fingerprint density at radius 1 is 1.22 bits per heavy atom. The van der Waals surface area contributed by atoms with Gasteiger partial charge in [0.05, 0.1) is 12.0 Å². The van der Waals surface area contributed by atoms with Crippen molar-refractivity contribution in [1.29, 1.82) is 0 Å². The van der Waals surface area contributed by atoms with Gasteiger partial charge in [0.15, 0.2) is 11.8 Å². The number of guanidine groups is 1. The molecule has 1 heterocycles. The van der Waals surface area contributed by atoms with Crippen LogP contribution in [0.25, 0.3) is 11.5 Å². The average molecular weight is 441 g/mol. The maximum Gasteiger partial charge on any atom is 0.257 e. The molecule has 0 aliphatic heterocycles. The molecule has 0 unspecified atom stereocenters. The van der Waals surface area contributed by atoms with Crippen molar-refractivity contribution in [1.82, 2.24) is 25.7 Å². The number of benzene rings is 1. The highest BCUT2D eigenvalue weighted by Gasteiger charge is 2.42. The second-order valence-corrected chi connectivity index (χ2v) is 8.70. The molecule has 32 heavy (non-hydrogen) atoms. The predicted octanol–water partition coefficient (Wildman–Crippen LogP) is 3.39. The van der Waals surface area contributed by atoms with Gasteiger partial charge in [-0.3, -0.25) is 4.79 Å². The van der Waals surface area contributed by atoms with Crippen LogP contribution in [0.15, 0.2) is 33.8 Å². The smallest absolute Gasteiger partial charge is 0.257 e. The van der Waals surface area contributed by atoms with Crippen LogP contribution < -0.4 is 10.6 Å². The minimum Gasteiger partial charge on any atom is -0.357 e. The van der Waals surface area contributed by atoms with E-state index in [4.69, 9.17) is 9.52 Å². The lowest BCUT2D eigenvalue weighted by Gasteiger charge is -2.31. The lowest BCUT2D eigenvalue weighted by Crippen LogP contribution is -2.49. The summed E-state index contributed by atoms with van der Waals surface area (Å²) < 4.78 is 5.41. The fourth-order valence-corrected chi connectivity index (χ4v) is 4.26. The van der Waals surface area contributed by atoms with E-state index in [2.05, 4.69) is 27.7 Å². The van der Waals surface area contributed by atoms with Crippen LogP contribution >= 0.6 is 0 Å². The van der Waals surface area contributed by atoms with Crippen LogP contribution in [0.1, 0.15) is 57.3 Å². The molecule has 0 radical (unpaired) electrons. The predicted molar refractivity (Wildman–Crippen MR) is 126 cm³/mol. The molecule has 174 valence electrons. The highest BCUT2D eigenvalue weighted by molar-refractivity contribution is 5.85. The topological polar surface area (TPSA) is 95.7 Å². The first-order valence-electron chi connectivity index (χ1n) is 11.6. The normalized spacial score (nSPS) is 15.6. The summed E-state index contributed by atoms with van der Waals surface area (Å²) in [7, 11) is 3.67. The van der Waals surface area contributed by atoms with E-state index < -0.39 is 0 Å². The van der Waals surface area contributed by atoms with Gasteiger partial charge < -0.3 is 20.1 Å². The van der Waals surface area contributed by atoms with Crippen molar-refractivity contribution < 1.29 is 9.32 Å². The van der Waals surface area contributed by atoms with Crippen molar-refractivity contribution in [3.63, 3.8) is 0 Å². The van der Waals surface area contributed by atoms with E-state index in [1.54, 1.807) is 4.90 Å². The molecule has 0 saturated heterocycles. The summed E-state index contributed by atoms with van der Waals surface area (Å²) in [6, 6.07) is 8.02. The Labute approximate surface area is 190 Å². The molecule has 1 aromatic heterocycles. The number of carbonyl (C=O) groups excluding carboxylic acids is 1. The molecule has 1 aliphatic rings. The molecule has 1 amide bonds. The second-order valence-electron chi connectivity index (χ2n) is 8.70. The van der Waals surface area contributed by atoms with Crippen LogP contribution in [0.2, 0.25) is 0 Å². The molecular weight excluding hydrogens is 404 g/mol. The van der Waals surface area contributed by atoms with Crippen molar-refractivity contribution in [2.75, 3.05) is 27.2 Å². The summed E-state index contributed by atoms with van der Waals surface area (Å²) in [6.07, 6.45) is 5.82. The third-order valence-electron chi connectivity index (χ3n) is 5.89. The first kappa shape index (κ1) is 23.8. The molecule has 0 spiro atoms. The number of carbonyl (C=O) groups is 1. The zero-order valence-electron chi connectivity index (χ0n) is 19.8. The number of aromatic nitrogens is 2. The van der Waals surface area contributed by atoms with Gasteiger partial charge >= 0.3 is 0 Å². The Morgan fingerprint density at radius 3 is 2.69 bits per heavy atom. The minimum absolute atomic E-state index is 0.202. The van der Waals surface area contributed by atoms with Gasteiger partial charge in [0.1, 0.15) is 0 Å². The summed E-state index contributed by atoms with van der Waals surface area (Å²) in [5.74, 6) is 2.19. The van der Waals surface area contributed by atoms with Crippen LogP contribution in [-0.2, 0) is 17.8 Å². The monoisotopic (exact) mass is 440 g/mol. The first-order valence-corrected chi connectivity index (χ1v) is 11.6. The Kier molecular flexibility index (Phi) is 8.25. The van der Waals surface area contributed by atoms with Crippen LogP contribution in [0.3, 0.4) is 0 Å². The van der Waals surface area contributed by atoms with Gasteiger partial charge in [0.2, 0.25) is 5.91 Å². The maximum atomic E-state index is 12.8. The zero-order valence-corrected chi connectivity index (χ0v) is 19.8. The summed E-state index contributed by atoms with van der Waals surface area (Å²) in [5, 5.41) is 10.8. The fraction of sp³-hybridized carbons (Fsp3) is 0.583. The lowest BCUT2D eigenvalue weighted by molar-refractivity contribution is -0.138. The zero-order chi connectivity index (χ0) is 23.0. The van der Waals surface area contributed by atoms with Gasteiger partial charge in [0.25, 0.3) is 5.89 Å². The molecule has 0 atom stereocenters. The van der Waals surface area contributed by atoms with Gasteiger partial charge in [-0.1, -0.05) is 37.1 Å². The molecule has 1 aromatic carbocycles. The molecule has 3 rings (SSSR count). The highest BCUT2D eigenvalue weighted by atomic mass is 16.5. The molecule has 1 saturated carbocycles. The van der Waals surface area contributed by atoms with E-state index in [-0.39, 0.29) is 11.3 Å². The van der Waals surface area contributed by atoms with Gasteiger partial charge in [0, 0.05) is 39.2 Å². The summed E-state index contributed by atoms with van der Waals surface area (Å²) in [6.45, 7) is 5.99. The van der Waals surface area contributed by atoms with Crippen LogP contribution in [0, 0.1) is 5.41 Å². The molecule has 1 aliphatic carbocycles. The van der Waals surface area contributed by atoms with Crippen LogP contribution in [0.4, 0.5) is 0 Å². The maximum absolute atomic E-state index is 12.8. The number of aliphatic imine (C=N–C) groups is 1. The summed E-state index contributed by atoms with van der Waals surface area (Å²) >= 11 is 0. The minimum atomic E-state index is -0.340. The Balaban J connectivity index is 1.69. The number of hydrogen-bond acceptors (Lipinski definition) is 5. The number of amides is 1. The molecule has 8 heteroatoms. The van der Waals surface area contributed by atoms with Crippen molar-refractivity contribution >= 4 is 11.9 Å². The molecule has 8 nitrogen and oxygen atoms in total. The number of rotatable bonds is 9. The Hall–Kier alpha value is -2.90. The fourth-order valence-electron chi connectivity index (χ4n) is 4.26. The van der Waals surface area contributed by atoms with E-state index in [9.17, 15) is 4.79 Å². The van der Waals surface area contributed by atoms with Gasteiger partial charge in [-0.05, 0) is 43.9 Å². The first-order chi connectivity index (χ1) is 15.5. The molecular formula is C24H36N6O2. The van der Waals surface area contributed by atoms with Crippen molar-refractivity contribution in [3.05, 3.63) is 35.7 Å². The van der Waals surface area contributed by atoms with Gasteiger partial charge in [-0.25, -0.2) is 4.99 Å². The molecule has 2 N–H and O–H groups in total. The van der Waals surface area contributed by atoms with E-state index in [1.165, 1.54) is 0 Å². The van der Waals surface area contributed by atoms with E-state index in [1.807, 2.05) is 45.3 Å². The summed E-state index contributed by atoms with van der Waals surface area (Å²) in [4.78, 5) is 23.8. The van der Waals surface area contributed by atoms with Crippen LogP contribution in [0.5, 0.6) is 0 Å². The summed E-state index contributed by atoms with van der Waals surface area (Å²) in [5.41, 5.74) is 1.61. The number of hydrogen-bond donors (Lipinski definition) is 2.